The summed E-state index contributed by atoms with van der Waals surface area (Å²) in [5.74, 6) is 0.567. The van der Waals surface area contributed by atoms with E-state index in [-0.39, 0.29) is 0 Å². The molecular weight excluding hydrogens is 246 g/mol. The van der Waals surface area contributed by atoms with E-state index in [2.05, 4.69) is 27.6 Å². The highest BCUT2D eigenvalue weighted by Crippen LogP contribution is 2.21. The summed E-state index contributed by atoms with van der Waals surface area (Å²) in [7, 11) is 1.93. The maximum atomic E-state index is 5.99. The minimum Gasteiger partial charge on any atom is -0.369 e. The summed E-state index contributed by atoms with van der Waals surface area (Å²) in [5.41, 5.74) is 8.82. The average molecular weight is 261 g/mol. The number of nitrogen functional groups attached to an aromatic ring is 1. The predicted octanol–water partition coefficient (Wildman–Crippen LogP) is 1.96. The third kappa shape index (κ3) is 1.69. The van der Waals surface area contributed by atoms with Gasteiger partial charge in [-0.05, 0) is 24.8 Å². The molecule has 3 heterocycles. The molecule has 6 heteroatoms. The van der Waals surface area contributed by atoms with Crippen molar-refractivity contribution in [2.75, 3.05) is 5.73 Å². The van der Waals surface area contributed by atoms with Gasteiger partial charge in [-0.3, -0.25) is 9.25 Å². The molecule has 18 heavy (non-hydrogen) atoms. The van der Waals surface area contributed by atoms with Crippen molar-refractivity contribution < 1.29 is 0 Å². The molecule has 3 aromatic rings. The van der Waals surface area contributed by atoms with E-state index in [1.807, 2.05) is 23.2 Å². The van der Waals surface area contributed by atoms with Gasteiger partial charge in [-0.2, -0.15) is 5.10 Å². The van der Waals surface area contributed by atoms with Crippen LogP contribution in [0, 0.1) is 6.92 Å². The lowest BCUT2D eigenvalue weighted by atomic mass is 10.3. The molecule has 0 unspecified atom stereocenters. The van der Waals surface area contributed by atoms with Crippen molar-refractivity contribution in [1.29, 1.82) is 0 Å². The van der Waals surface area contributed by atoms with Crippen molar-refractivity contribution in [2.45, 2.75) is 19.9 Å². The summed E-state index contributed by atoms with van der Waals surface area (Å²) in [6.07, 6.45) is 0.970. The van der Waals surface area contributed by atoms with Crippen molar-refractivity contribution in [1.82, 2.24) is 19.3 Å². The van der Waals surface area contributed by atoms with Crippen LogP contribution in [0.4, 0.5) is 5.95 Å². The lowest BCUT2D eigenvalue weighted by Gasteiger charge is -2.05. The quantitative estimate of drug-likeness (QED) is 0.784. The Morgan fingerprint density at radius 1 is 1.44 bits per heavy atom. The number of fused-ring (bicyclic) bond motifs is 1. The third-order valence-corrected chi connectivity index (χ3v) is 4.02. The van der Waals surface area contributed by atoms with Crippen LogP contribution >= 0.6 is 11.3 Å². The second-order valence-corrected chi connectivity index (χ2v) is 5.36. The van der Waals surface area contributed by atoms with Crippen LogP contribution in [0.3, 0.4) is 0 Å². The summed E-state index contributed by atoms with van der Waals surface area (Å²) < 4.78 is 3.89. The van der Waals surface area contributed by atoms with E-state index in [1.54, 1.807) is 11.3 Å². The van der Waals surface area contributed by atoms with Crippen LogP contribution in [-0.2, 0) is 20.0 Å². The number of imidazole rings is 1. The van der Waals surface area contributed by atoms with Crippen LogP contribution in [0.25, 0.3) is 11.2 Å². The van der Waals surface area contributed by atoms with E-state index >= 15 is 0 Å². The van der Waals surface area contributed by atoms with Crippen molar-refractivity contribution in [3.63, 3.8) is 0 Å². The highest BCUT2D eigenvalue weighted by molar-refractivity contribution is 7.09. The van der Waals surface area contributed by atoms with Crippen LogP contribution in [0.5, 0.6) is 0 Å². The number of nitrogens with zero attached hydrogens (tertiary/aromatic N) is 4. The fourth-order valence-electron chi connectivity index (χ4n) is 2.25. The van der Waals surface area contributed by atoms with Crippen LogP contribution < -0.4 is 5.73 Å². The standard InChI is InChI=1S/C12H15N5S/c1-8-10-11(16(2)15-8)17(12(13)14-10)6-5-9-4-3-7-18-9/h3-4,7H,5-6H2,1-2H3,(H2,13,14). The molecule has 0 amide bonds. The highest BCUT2D eigenvalue weighted by atomic mass is 32.1. The van der Waals surface area contributed by atoms with Gasteiger partial charge in [0.05, 0.1) is 5.69 Å². The SMILES string of the molecule is Cc1nn(C)c2c1nc(N)n2CCc1cccs1. The monoisotopic (exact) mass is 261 g/mol. The van der Waals surface area contributed by atoms with Gasteiger partial charge < -0.3 is 5.73 Å². The Balaban J connectivity index is 1.98. The second kappa shape index (κ2) is 4.13. The summed E-state index contributed by atoms with van der Waals surface area (Å²) >= 11 is 1.77. The van der Waals surface area contributed by atoms with Gasteiger partial charge in [-0.15, -0.1) is 11.3 Å². The smallest absolute Gasteiger partial charge is 0.202 e. The average Bonchev–Trinajstić information content (AvgIpc) is 2.98. The molecule has 0 atom stereocenters. The van der Waals surface area contributed by atoms with Crippen LogP contribution in [0.2, 0.25) is 0 Å². The summed E-state index contributed by atoms with van der Waals surface area (Å²) in [6.45, 7) is 2.79. The maximum Gasteiger partial charge on any atom is 0.202 e. The minimum atomic E-state index is 0.567. The van der Waals surface area contributed by atoms with Crippen molar-refractivity contribution in [2.24, 2.45) is 7.05 Å². The Hall–Kier alpha value is -1.82. The Labute approximate surface area is 109 Å². The number of anilines is 1. The molecule has 0 spiro atoms. The number of nitrogens with two attached hydrogens (primary N) is 1. The van der Waals surface area contributed by atoms with E-state index in [1.165, 1.54) is 4.88 Å². The van der Waals surface area contributed by atoms with E-state index in [0.717, 1.165) is 29.8 Å². The molecular formula is C12H15N5S. The number of thiophene rings is 1. The molecule has 0 radical (unpaired) electrons. The van der Waals surface area contributed by atoms with E-state index in [9.17, 15) is 0 Å². The molecule has 0 fully saturated rings. The first-order valence-corrected chi connectivity index (χ1v) is 6.72. The zero-order chi connectivity index (χ0) is 12.7. The van der Waals surface area contributed by atoms with Gasteiger partial charge in [-0.1, -0.05) is 6.07 Å². The minimum absolute atomic E-state index is 0.567. The van der Waals surface area contributed by atoms with Gasteiger partial charge in [0.25, 0.3) is 0 Å². The van der Waals surface area contributed by atoms with Gasteiger partial charge >= 0.3 is 0 Å². The number of hydrogen-bond acceptors (Lipinski definition) is 4. The number of aromatic nitrogens is 4. The first-order valence-electron chi connectivity index (χ1n) is 5.84. The molecule has 0 saturated carbocycles. The normalized spacial score (nSPS) is 11.4. The molecule has 3 aromatic heterocycles. The van der Waals surface area contributed by atoms with Gasteiger partial charge in [0.2, 0.25) is 5.95 Å². The fourth-order valence-corrected chi connectivity index (χ4v) is 2.95. The predicted molar refractivity (Wildman–Crippen MR) is 73.7 cm³/mol. The molecule has 0 aromatic carbocycles. The molecule has 0 saturated heterocycles. The second-order valence-electron chi connectivity index (χ2n) is 4.33. The largest absolute Gasteiger partial charge is 0.369 e. The topological polar surface area (TPSA) is 61.7 Å². The maximum absolute atomic E-state index is 5.99. The fraction of sp³-hybridized carbons (Fsp3) is 0.333. The van der Waals surface area contributed by atoms with Crippen LogP contribution in [0.15, 0.2) is 17.5 Å². The third-order valence-electron chi connectivity index (χ3n) is 3.08. The Kier molecular flexibility index (Phi) is 2.59. The molecule has 3 rings (SSSR count). The molecule has 94 valence electrons. The molecule has 0 bridgehead atoms. The van der Waals surface area contributed by atoms with Gasteiger partial charge in [0.1, 0.15) is 5.52 Å². The number of rotatable bonds is 3. The van der Waals surface area contributed by atoms with E-state index < -0.39 is 0 Å². The first-order chi connectivity index (χ1) is 8.66. The van der Waals surface area contributed by atoms with E-state index in [0.29, 0.717) is 5.95 Å². The lowest BCUT2D eigenvalue weighted by molar-refractivity contribution is 0.683. The van der Waals surface area contributed by atoms with Crippen molar-refractivity contribution in [3.8, 4) is 0 Å². The summed E-state index contributed by atoms with van der Waals surface area (Å²) in [6, 6.07) is 4.21. The Morgan fingerprint density at radius 3 is 3.00 bits per heavy atom. The number of hydrogen-bond donors (Lipinski definition) is 1. The summed E-state index contributed by atoms with van der Waals surface area (Å²) in [5, 5.41) is 6.47. The molecule has 0 aliphatic carbocycles. The molecule has 0 aliphatic rings. The molecule has 5 nitrogen and oxygen atoms in total. The molecule has 2 N–H and O–H groups in total. The lowest BCUT2D eigenvalue weighted by Crippen LogP contribution is -2.08. The zero-order valence-corrected chi connectivity index (χ0v) is 11.2. The first kappa shape index (κ1) is 11.3. The van der Waals surface area contributed by atoms with Gasteiger partial charge in [0, 0.05) is 18.5 Å². The van der Waals surface area contributed by atoms with E-state index in [4.69, 9.17) is 5.73 Å². The van der Waals surface area contributed by atoms with Crippen LogP contribution in [-0.4, -0.2) is 19.3 Å². The Morgan fingerprint density at radius 2 is 2.28 bits per heavy atom. The Bertz CT molecular complexity index is 677. The van der Waals surface area contributed by atoms with Crippen molar-refractivity contribution in [3.05, 3.63) is 28.1 Å². The van der Waals surface area contributed by atoms with Gasteiger partial charge in [0.15, 0.2) is 5.65 Å². The van der Waals surface area contributed by atoms with Gasteiger partial charge in [-0.25, -0.2) is 4.98 Å². The molecule has 0 aliphatic heterocycles. The zero-order valence-electron chi connectivity index (χ0n) is 10.4. The van der Waals surface area contributed by atoms with Crippen molar-refractivity contribution >= 4 is 28.4 Å². The van der Waals surface area contributed by atoms with Crippen LogP contribution in [0.1, 0.15) is 10.6 Å². The summed E-state index contributed by atoms with van der Waals surface area (Å²) in [4.78, 5) is 5.75. The highest BCUT2D eigenvalue weighted by Gasteiger charge is 2.15. The number of aryl methyl sites for hydroxylation is 4.